The van der Waals surface area contributed by atoms with Gasteiger partial charge in [0.15, 0.2) is 0 Å². The number of rotatable bonds is 3. The third kappa shape index (κ3) is 3.00. The van der Waals surface area contributed by atoms with Crippen LogP contribution in [0.1, 0.15) is 41.8 Å². The van der Waals surface area contributed by atoms with Crippen molar-refractivity contribution < 1.29 is 9.18 Å². The van der Waals surface area contributed by atoms with Crippen LogP contribution in [-0.2, 0) is 11.0 Å². The van der Waals surface area contributed by atoms with E-state index in [0.717, 1.165) is 35.7 Å². The van der Waals surface area contributed by atoms with Crippen molar-refractivity contribution in [2.24, 2.45) is 5.92 Å². The van der Waals surface area contributed by atoms with E-state index >= 15 is 0 Å². The summed E-state index contributed by atoms with van der Waals surface area (Å²) in [5.74, 6) is 0.209. The van der Waals surface area contributed by atoms with E-state index in [2.05, 4.69) is 34.4 Å². The van der Waals surface area contributed by atoms with Crippen molar-refractivity contribution in [1.82, 2.24) is 15.2 Å². The van der Waals surface area contributed by atoms with Gasteiger partial charge in [0.05, 0.1) is 5.54 Å². The number of piperidine rings is 1. The Balaban J connectivity index is 1.38. The van der Waals surface area contributed by atoms with Crippen LogP contribution in [0.2, 0.25) is 0 Å². The first kappa shape index (κ1) is 20.4. The molecule has 3 N–H and O–H groups in total. The number of nitrogens with zero attached hydrogens (tertiary/aromatic N) is 2. The Kier molecular flexibility index (Phi) is 4.10. The molecule has 3 heterocycles. The lowest BCUT2D eigenvalue weighted by atomic mass is 9.90. The number of benzene rings is 2. The minimum atomic E-state index is -0.578. The molecule has 2 aromatic carbocycles. The summed E-state index contributed by atoms with van der Waals surface area (Å²) in [4.78, 5) is 18.7. The van der Waals surface area contributed by atoms with Gasteiger partial charge in [-0.3, -0.25) is 4.79 Å². The highest BCUT2D eigenvalue weighted by Crippen LogP contribution is 2.58. The molecule has 168 valence electrons. The monoisotopic (exact) mass is 442 g/mol. The van der Waals surface area contributed by atoms with Crippen LogP contribution in [0.25, 0.3) is 22.3 Å². The minimum Gasteiger partial charge on any atom is -0.383 e. The maximum atomic E-state index is 14.9. The summed E-state index contributed by atoms with van der Waals surface area (Å²) in [7, 11) is 2.17. The van der Waals surface area contributed by atoms with Gasteiger partial charge in [-0.1, -0.05) is 30.3 Å². The van der Waals surface area contributed by atoms with Crippen molar-refractivity contribution in [1.29, 1.82) is 0 Å². The molecule has 3 aromatic rings. The highest BCUT2D eigenvalue weighted by atomic mass is 19.1. The maximum Gasteiger partial charge on any atom is 0.252 e. The van der Waals surface area contributed by atoms with E-state index < -0.39 is 11.5 Å². The maximum absolute atomic E-state index is 14.9. The van der Waals surface area contributed by atoms with Crippen LogP contribution in [-0.4, -0.2) is 35.9 Å². The summed E-state index contributed by atoms with van der Waals surface area (Å²) in [6.07, 6.45) is 1.24. The molecule has 6 heteroatoms. The Morgan fingerprint density at radius 2 is 1.79 bits per heavy atom. The number of likely N-dealkylation sites (N-methyl/N-ethyl adjacent to an activating group) is 1. The van der Waals surface area contributed by atoms with Gasteiger partial charge in [-0.25, -0.2) is 4.98 Å². The topological polar surface area (TPSA) is 71.2 Å². The van der Waals surface area contributed by atoms with E-state index in [1.807, 2.05) is 38.1 Å². The lowest BCUT2D eigenvalue weighted by Gasteiger charge is -2.20. The van der Waals surface area contributed by atoms with E-state index in [-0.39, 0.29) is 17.1 Å². The zero-order chi connectivity index (χ0) is 23.1. The number of hydrogen-bond donors (Lipinski definition) is 2. The minimum absolute atomic E-state index is 0.0849. The summed E-state index contributed by atoms with van der Waals surface area (Å²) < 4.78 is 14.9. The van der Waals surface area contributed by atoms with Crippen molar-refractivity contribution in [3.8, 4) is 22.3 Å². The molecule has 2 aliphatic heterocycles. The number of carbonyl (C=O) groups excluding carboxylic acids is 1. The van der Waals surface area contributed by atoms with Crippen LogP contribution >= 0.6 is 0 Å². The zero-order valence-corrected chi connectivity index (χ0v) is 19.1. The molecule has 2 fully saturated rings. The number of nitrogens with one attached hydrogen (secondary N) is 1. The lowest BCUT2D eigenvalue weighted by molar-refractivity contribution is 0.0940. The normalized spacial score (nSPS) is 25.0. The van der Waals surface area contributed by atoms with E-state index in [0.29, 0.717) is 16.7 Å². The number of nitrogens with two attached hydrogens (primary N) is 1. The Morgan fingerprint density at radius 3 is 2.48 bits per heavy atom. The average Bonchev–Trinajstić information content (AvgIpc) is 3.26. The third-order valence-electron chi connectivity index (χ3n) is 7.77. The van der Waals surface area contributed by atoms with Gasteiger partial charge in [0.2, 0.25) is 5.95 Å². The molecule has 33 heavy (non-hydrogen) atoms. The number of hydrogen-bond acceptors (Lipinski definition) is 4. The van der Waals surface area contributed by atoms with Crippen molar-refractivity contribution in [3.63, 3.8) is 0 Å². The summed E-state index contributed by atoms with van der Waals surface area (Å²) in [5.41, 5.74) is 11.5. The largest absolute Gasteiger partial charge is 0.383 e. The number of nitrogen functional groups attached to an aromatic ring is 1. The Hall–Kier alpha value is -3.25. The first-order valence-electron chi connectivity index (χ1n) is 11.4. The van der Waals surface area contributed by atoms with Crippen LogP contribution in [0, 0.1) is 11.9 Å². The summed E-state index contributed by atoms with van der Waals surface area (Å²) in [6, 6.07) is 15.6. The molecular weight excluding hydrogens is 415 g/mol. The van der Waals surface area contributed by atoms with Gasteiger partial charge in [-0.05, 0) is 73.7 Å². The first-order chi connectivity index (χ1) is 15.7. The number of fused-ring (bicyclic) bond motifs is 2. The van der Waals surface area contributed by atoms with E-state index in [4.69, 9.17) is 5.73 Å². The van der Waals surface area contributed by atoms with Crippen LogP contribution in [0.15, 0.2) is 48.5 Å². The van der Waals surface area contributed by atoms with Gasteiger partial charge < -0.3 is 16.0 Å². The fraction of sp³-hybridized carbons (Fsp3) is 0.333. The predicted molar refractivity (Wildman–Crippen MR) is 127 cm³/mol. The second-order valence-corrected chi connectivity index (χ2v) is 10.4. The molecule has 6 rings (SSSR count). The number of amides is 1. The Bertz CT molecular complexity index is 1320. The summed E-state index contributed by atoms with van der Waals surface area (Å²) in [6.45, 7) is 6.17. The molecule has 2 atom stereocenters. The molecule has 1 saturated heterocycles. The quantitative estimate of drug-likeness (QED) is 0.593. The molecule has 1 aliphatic carbocycles. The Morgan fingerprint density at radius 1 is 1.06 bits per heavy atom. The SMILES string of the molecule is CN1C[C@H]2CC2(c2ccc(-c3cc(-c4ccc5c(c4)C(C)(C)NC5=O)c(N)nc3F)cc2)C1. The van der Waals surface area contributed by atoms with Gasteiger partial charge in [0, 0.05) is 35.2 Å². The smallest absolute Gasteiger partial charge is 0.252 e. The Labute approximate surface area is 192 Å². The van der Waals surface area contributed by atoms with Crippen LogP contribution < -0.4 is 11.1 Å². The number of likely N-dealkylation sites (tertiary alicyclic amines) is 1. The van der Waals surface area contributed by atoms with Crippen LogP contribution in [0.4, 0.5) is 10.2 Å². The number of pyridine rings is 1. The summed E-state index contributed by atoms with van der Waals surface area (Å²) in [5, 5.41) is 2.99. The van der Waals surface area contributed by atoms with Gasteiger partial charge in [-0.2, -0.15) is 4.39 Å². The third-order valence-corrected chi connectivity index (χ3v) is 7.77. The fourth-order valence-electron chi connectivity index (χ4n) is 5.95. The molecule has 5 nitrogen and oxygen atoms in total. The molecule has 0 bridgehead atoms. The van der Waals surface area contributed by atoms with Crippen molar-refractivity contribution in [3.05, 3.63) is 71.2 Å². The van der Waals surface area contributed by atoms with Crippen LogP contribution in [0.3, 0.4) is 0 Å². The van der Waals surface area contributed by atoms with E-state index in [9.17, 15) is 9.18 Å². The molecule has 1 aromatic heterocycles. The fourth-order valence-corrected chi connectivity index (χ4v) is 5.95. The number of halogens is 1. The van der Waals surface area contributed by atoms with Gasteiger partial charge in [0.25, 0.3) is 5.91 Å². The molecule has 0 radical (unpaired) electrons. The molecule has 3 aliphatic rings. The number of carbonyl (C=O) groups is 1. The predicted octanol–water partition coefficient (Wildman–Crippen LogP) is 4.32. The molecule has 1 saturated carbocycles. The lowest BCUT2D eigenvalue weighted by Crippen LogP contribution is -2.32. The highest BCUT2D eigenvalue weighted by Gasteiger charge is 2.59. The average molecular weight is 443 g/mol. The molecule has 0 spiro atoms. The first-order valence-corrected chi connectivity index (χ1v) is 11.4. The molecule has 1 unspecified atom stereocenters. The van der Waals surface area contributed by atoms with E-state index in [1.165, 1.54) is 12.0 Å². The van der Waals surface area contributed by atoms with Gasteiger partial charge in [-0.15, -0.1) is 0 Å². The molecule has 1 amide bonds. The van der Waals surface area contributed by atoms with Gasteiger partial charge >= 0.3 is 0 Å². The van der Waals surface area contributed by atoms with Crippen molar-refractivity contribution in [2.75, 3.05) is 25.9 Å². The number of anilines is 1. The molecular formula is C27H27FN4O. The highest BCUT2D eigenvalue weighted by molar-refractivity contribution is 6.00. The number of aromatic nitrogens is 1. The zero-order valence-electron chi connectivity index (χ0n) is 19.1. The van der Waals surface area contributed by atoms with Crippen molar-refractivity contribution >= 4 is 11.7 Å². The second kappa shape index (κ2) is 6.64. The van der Waals surface area contributed by atoms with Gasteiger partial charge in [0.1, 0.15) is 5.82 Å². The summed E-state index contributed by atoms with van der Waals surface area (Å²) >= 11 is 0. The van der Waals surface area contributed by atoms with E-state index in [1.54, 1.807) is 12.1 Å². The second-order valence-electron chi connectivity index (χ2n) is 10.4. The van der Waals surface area contributed by atoms with Crippen LogP contribution in [0.5, 0.6) is 0 Å². The standard InChI is InChI=1S/C27H27FN4O/c1-26(2)22-10-16(6-9-19(22)25(33)31-26)21-11-20(23(28)30-24(21)29)15-4-7-17(8-5-15)27-12-18(27)13-32(3)14-27/h4-11,18H,12-14H2,1-3H3,(H2,29,30)(H,31,33)/t18-,27?/m1/s1. The van der Waals surface area contributed by atoms with Crippen molar-refractivity contribution in [2.45, 2.75) is 31.2 Å².